The molecule has 0 bridgehead atoms. The zero-order chi connectivity index (χ0) is 13.8. The fourth-order valence-electron chi connectivity index (χ4n) is 2.10. The summed E-state index contributed by atoms with van der Waals surface area (Å²) in [5.74, 6) is 1.94. The summed E-state index contributed by atoms with van der Waals surface area (Å²) in [6, 6.07) is 3.95. The Labute approximate surface area is 114 Å². The lowest BCUT2D eigenvalue weighted by molar-refractivity contribution is -0.122. The van der Waals surface area contributed by atoms with Gasteiger partial charge in [-0.1, -0.05) is 0 Å². The van der Waals surface area contributed by atoms with Gasteiger partial charge in [-0.05, 0) is 49.4 Å². The van der Waals surface area contributed by atoms with E-state index in [0.29, 0.717) is 6.54 Å². The van der Waals surface area contributed by atoms with Gasteiger partial charge in [0, 0.05) is 12.5 Å². The summed E-state index contributed by atoms with van der Waals surface area (Å²) in [5, 5.41) is 2.98. The highest BCUT2D eigenvalue weighted by atomic mass is 16.5. The molecule has 0 unspecified atom stereocenters. The minimum absolute atomic E-state index is 0.193. The van der Waals surface area contributed by atoms with Crippen molar-refractivity contribution < 1.29 is 14.3 Å². The van der Waals surface area contributed by atoms with E-state index in [0.717, 1.165) is 36.3 Å². The van der Waals surface area contributed by atoms with Crippen LogP contribution in [0.3, 0.4) is 0 Å². The first-order valence-corrected chi connectivity index (χ1v) is 6.65. The Kier molecular flexibility index (Phi) is 4.30. The van der Waals surface area contributed by atoms with Crippen molar-refractivity contribution in [2.45, 2.75) is 26.2 Å². The van der Waals surface area contributed by atoms with E-state index in [1.807, 2.05) is 19.1 Å². The molecule has 1 saturated carbocycles. The Morgan fingerprint density at radius 3 is 2.47 bits per heavy atom. The monoisotopic (exact) mass is 263 g/mol. The average Bonchev–Trinajstić information content (AvgIpc) is 3.24. The summed E-state index contributed by atoms with van der Waals surface area (Å²) >= 11 is 0. The molecule has 0 aliphatic heterocycles. The van der Waals surface area contributed by atoms with Crippen molar-refractivity contribution in [3.8, 4) is 11.5 Å². The maximum Gasteiger partial charge on any atom is 0.223 e. The number of carbonyl (C=O) groups excluding carboxylic acids is 1. The Morgan fingerprint density at radius 1 is 1.26 bits per heavy atom. The molecule has 0 saturated heterocycles. The summed E-state index contributed by atoms with van der Waals surface area (Å²) in [4.78, 5) is 11.5. The predicted molar refractivity (Wildman–Crippen MR) is 73.7 cm³/mol. The second kappa shape index (κ2) is 5.95. The number of ether oxygens (including phenoxy) is 2. The average molecular weight is 263 g/mol. The van der Waals surface area contributed by atoms with Crippen molar-refractivity contribution in [3.63, 3.8) is 0 Å². The van der Waals surface area contributed by atoms with E-state index in [4.69, 9.17) is 9.47 Å². The standard InChI is InChI=1S/C15H21NO3/c1-10-8-13(18-2)14(19-3)9-12(10)6-7-16-15(17)11-4-5-11/h8-9,11H,4-7H2,1-3H3,(H,16,17). The van der Waals surface area contributed by atoms with Crippen LogP contribution in [0.25, 0.3) is 0 Å². The maximum absolute atomic E-state index is 11.5. The van der Waals surface area contributed by atoms with Crippen molar-refractivity contribution in [3.05, 3.63) is 23.3 Å². The third-order valence-electron chi connectivity index (χ3n) is 3.48. The van der Waals surface area contributed by atoms with Crippen LogP contribution in [-0.4, -0.2) is 26.7 Å². The van der Waals surface area contributed by atoms with Gasteiger partial charge in [-0.2, -0.15) is 0 Å². The molecule has 1 amide bonds. The summed E-state index contributed by atoms with van der Waals surface area (Å²) in [7, 11) is 3.26. The SMILES string of the molecule is COc1cc(C)c(CCNC(=O)C2CC2)cc1OC. The molecular weight excluding hydrogens is 242 g/mol. The Morgan fingerprint density at radius 2 is 1.89 bits per heavy atom. The highest BCUT2D eigenvalue weighted by Crippen LogP contribution is 2.31. The lowest BCUT2D eigenvalue weighted by atomic mass is 10.0. The van der Waals surface area contributed by atoms with Crippen molar-refractivity contribution in [2.24, 2.45) is 5.92 Å². The molecular formula is C15H21NO3. The topological polar surface area (TPSA) is 47.6 Å². The van der Waals surface area contributed by atoms with Crippen LogP contribution in [-0.2, 0) is 11.2 Å². The molecule has 1 aliphatic carbocycles. The van der Waals surface area contributed by atoms with E-state index < -0.39 is 0 Å². The van der Waals surface area contributed by atoms with Gasteiger partial charge in [0.1, 0.15) is 0 Å². The minimum atomic E-state index is 0.193. The second-order valence-corrected chi connectivity index (χ2v) is 4.95. The van der Waals surface area contributed by atoms with Crippen molar-refractivity contribution in [1.82, 2.24) is 5.32 Å². The Hall–Kier alpha value is -1.71. The molecule has 0 heterocycles. The molecule has 1 aromatic carbocycles. The highest BCUT2D eigenvalue weighted by Gasteiger charge is 2.29. The molecule has 2 rings (SSSR count). The van der Waals surface area contributed by atoms with Gasteiger partial charge in [0.05, 0.1) is 14.2 Å². The number of amides is 1. The van der Waals surface area contributed by atoms with E-state index in [1.165, 1.54) is 5.56 Å². The first-order chi connectivity index (χ1) is 9.15. The molecule has 1 fully saturated rings. The summed E-state index contributed by atoms with van der Waals surface area (Å²) < 4.78 is 10.6. The van der Waals surface area contributed by atoms with Crippen LogP contribution in [0.1, 0.15) is 24.0 Å². The quantitative estimate of drug-likeness (QED) is 0.855. The molecule has 0 radical (unpaired) electrons. The van der Waals surface area contributed by atoms with Gasteiger partial charge >= 0.3 is 0 Å². The summed E-state index contributed by atoms with van der Waals surface area (Å²) in [6.07, 6.45) is 2.90. The van der Waals surface area contributed by atoms with Crippen molar-refractivity contribution >= 4 is 5.91 Å². The van der Waals surface area contributed by atoms with Crippen LogP contribution >= 0.6 is 0 Å². The van der Waals surface area contributed by atoms with Crippen molar-refractivity contribution in [1.29, 1.82) is 0 Å². The summed E-state index contributed by atoms with van der Waals surface area (Å²) in [5.41, 5.74) is 2.33. The van der Waals surface area contributed by atoms with E-state index in [2.05, 4.69) is 5.32 Å². The van der Waals surface area contributed by atoms with Crippen LogP contribution in [0.15, 0.2) is 12.1 Å². The highest BCUT2D eigenvalue weighted by molar-refractivity contribution is 5.80. The Balaban J connectivity index is 1.96. The fraction of sp³-hybridized carbons (Fsp3) is 0.533. The first-order valence-electron chi connectivity index (χ1n) is 6.65. The minimum Gasteiger partial charge on any atom is -0.493 e. The van der Waals surface area contributed by atoms with Crippen LogP contribution in [0, 0.1) is 12.8 Å². The van der Waals surface area contributed by atoms with Crippen LogP contribution in [0.4, 0.5) is 0 Å². The third-order valence-corrected chi connectivity index (χ3v) is 3.48. The molecule has 1 aliphatic rings. The number of methoxy groups -OCH3 is 2. The van der Waals surface area contributed by atoms with Gasteiger partial charge < -0.3 is 14.8 Å². The molecule has 1 aromatic rings. The van der Waals surface area contributed by atoms with E-state index in [1.54, 1.807) is 14.2 Å². The summed E-state index contributed by atoms with van der Waals surface area (Å²) in [6.45, 7) is 2.71. The smallest absolute Gasteiger partial charge is 0.223 e. The van der Waals surface area contributed by atoms with E-state index in [9.17, 15) is 4.79 Å². The predicted octanol–water partition coefficient (Wildman–Crippen LogP) is 2.08. The lowest BCUT2D eigenvalue weighted by Crippen LogP contribution is -2.27. The van der Waals surface area contributed by atoms with Gasteiger partial charge in [-0.15, -0.1) is 0 Å². The molecule has 4 nitrogen and oxygen atoms in total. The second-order valence-electron chi connectivity index (χ2n) is 4.95. The lowest BCUT2D eigenvalue weighted by Gasteiger charge is -2.13. The van der Waals surface area contributed by atoms with Gasteiger partial charge in [0.25, 0.3) is 0 Å². The van der Waals surface area contributed by atoms with Gasteiger partial charge in [0.15, 0.2) is 11.5 Å². The van der Waals surface area contributed by atoms with Gasteiger partial charge in [-0.25, -0.2) is 0 Å². The van der Waals surface area contributed by atoms with Gasteiger partial charge in [-0.3, -0.25) is 4.79 Å². The van der Waals surface area contributed by atoms with E-state index in [-0.39, 0.29) is 11.8 Å². The molecule has 4 heteroatoms. The molecule has 0 spiro atoms. The molecule has 0 aromatic heterocycles. The zero-order valence-corrected chi connectivity index (χ0v) is 11.8. The number of benzene rings is 1. The van der Waals surface area contributed by atoms with Crippen LogP contribution < -0.4 is 14.8 Å². The molecule has 0 atom stereocenters. The molecule has 104 valence electrons. The number of nitrogens with one attached hydrogen (secondary N) is 1. The normalized spacial score (nSPS) is 14.1. The van der Waals surface area contributed by atoms with Gasteiger partial charge in [0.2, 0.25) is 5.91 Å². The number of hydrogen-bond acceptors (Lipinski definition) is 3. The van der Waals surface area contributed by atoms with Crippen LogP contribution in [0.2, 0.25) is 0 Å². The molecule has 19 heavy (non-hydrogen) atoms. The Bertz CT molecular complexity index is 467. The van der Waals surface area contributed by atoms with Crippen molar-refractivity contribution in [2.75, 3.05) is 20.8 Å². The number of hydrogen-bond donors (Lipinski definition) is 1. The molecule has 1 N–H and O–H groups in total. The number of carbonyl (C=O) groups is 1. The maximum atomic E-state index is 11.5. The largest absolute Gasteiger partial charge is 0.493 e. The zero-order valence-electron chi connectivity index (χ0n) is 11.8. The third kappa shape index (κ3) is 3.40. The number of rotatable bonds is 6. The first kappa shape index (κ1) is 13.7. The fourth-order valence-corrected chi connectivity index (χ4v) is 2.10. The van der Waals surface area contributed by atoms with Crippen LogP contribution in [0.5, 0.6) is 11.5 Å². The van der Waals surface area contributed by atoms with E-state index >= 15 is 0 Å². The number of aryl methyl sites for hydroxylation is 1.